The van der Waals surface area contributed by atoms with Gasteiger partial charge in [-0.15, -0.1) is 0 Å². The fourth-order valence-corrected chi connectivity index (χ4v) is 10.9. The second-order valence-corrected chi connectivity index (χ2v) is 17.7. The molecule has 0 aliphatic rings. The molecule has 66 heavy (non-hydrogen) atoms. The van der Waals surface area contributed by atoms with Gasteiger partial charge < -0.3 is 18.0 Å². The Hall–Kier alpha value is -8.60. The molecular weight excluding hydrogens is 805 g/mol. The first-order valence-electron chi connectivity index (χ1n) is 22.7. The molecule has 0 atom stereocenters. The molecule has 4 nitrogen and oxygen atoms in total. The number of nitrogens with zero attached hydrogens (tertiary/aromatic N) is 2. The molecule has 4 aromatic heterocycles. The van der Waals surface area contributed by atoms with Gasteiger partial charge in [0.25, 0.3) is 0 Å². The van der Waals surface area contributed by atoms with Crippen LogP contribution in [0.4, 0.5) is 0 Å². The van der Waals surface area contributed by atoms with E-state index in [1.165, 1.54) is 65.9 Å². The average molecular weight is 845 g/mol. The van der Waals surface area contributed by atoms with Gasteiger partial charge in [-0.25, -0.2) is 0 Å². The number of fused-ring (bicyclic) bond motifs is 12. The van der Waals surface area contributed by atoms with Crippen molar-refractivity contribution in [1.82, 2.24) is 9.13 Å². The smallest absolute Gasteiger partial charge is 0.143 e. The molecule has 14 aromatic rings. The van der Waals surface area contributed by atoms with Crippen molar-refractivity contribution in [1.29, 1.82) is 0 Å². The average Bonchev–Trinajstić information content (AvgIpc) is 4.12. The van der Waals surface area contributed by atoms with E-state index >= 15 is 0 Å². The number of rotatable bonds is 5. The Bertz CT molecular complexity index is 4040. The van der Waals surface area contributed by atoms with E-state index in [0.717, 1.165) is 77.5 Å². The molecule has 0 amide bonds. The SMILES string of the molecule is Cc1ccc(-n2c3ccccc3c3cc(-c4cccc5c4oc4ccccc45)ccc32)cc1-c1cc(-n2c3ccccc3c3cc(-c4cccc5c4oc4ccccc45)ccc32)ccc1C. The minimum atomic E-state index is 0.909. The number of aryl methyl sites for hydroxylation is 2. The predicted octanol–water partition coefficient (Wildman–Crippen LogP) is 17.3. The highest BCUT2D eigenvalue weighted by atomic mass is 16.3. The lowest BCUT2D eigenvalue weighted by Crippen LogP contribution is -1.98. The summed E-state index contributed by atoms with van der Waals surface area (Å²) in [7, 11) is 0. The highest BCUT2D eigenvalue weighted by Crippen LogP contribution is 2.43. The fourth-order valence-electron chi connectivity index (χ4n) is 10.9. The molecule has 310 valence electrons. The highest BCUT2D eigenvalue weighted by Gasteiger charge is 2.20. The first-order valence-corrected chi connectivity index (χ1v) is 22.7. The van der Waals surface area contributed by atoms with Crippen LogP contribution >= 0.6 is 0 Å². The van der Waals surface area contributed by atoms with Gasteiger partial charge in [-0.1, -0.05) is 133 Å². The predicted molar refractivity (Wildman–Crippen MR) is 275 cm³/mol. The molecule has 0 saturated carbocycles. The summed E-state index contributed by atoms with van der Waals surface area (Å²) in [4.78, 5) is 0. The molecule has 10 aromatic carbocycles. The normalized spacial score (nSPS) is 12.1. The number of aromatic nitrogens is 2. The van der Waals surface area contributed by atoms with E-state index in [4.69, 9.17) is 8.83 Å². The third kappa shape index (κ3) is 5.33. The summed E-state index contributed by atoms with van der Waals surface area (Å²) in [5.41, 5.74) is 19.9. The third-order valence-electron chi connectivity index (χ3n) is 14.0. The van der Waals surface area contributed by atoms with E-state index in [0.29, 0.717) is 0 Å². The first-order chi connectivity index (χ1) is 32.6. The lowest BCUT2D eigenvalue weighted by Gasteiger charge is -2.16. The van der Waals surface area contributed by atoms with Gasteiger partial charge in [0.15, 0.2) is 0 Å². The number of para-hydroxylation sites is 6. The maximum Gasteiger partial charge on any atom is 0.143 e. The quantitative estimate of drug-likeness (QED) is 0.173. The summed E-state index contributed by atoms with van der Waals surface area (Å²) in [6, 6.07) is 74.7. The number of hydrogen-bond donors (Lipinski definition) is 0. The third-order valence-corrected chi connectivity index (χ3v) is 14.0. The molecule has 0 N–H and O–H groups in total. The van der Waals surface area contributed by atoms with E-state index in [9.17, 15) is 0 Å². The fraction of sp³-hybridized carbons (Fsp3) is 0.0323. The Labute approximate surface area is 379 Å². The summed E-state index contributed by atoms with van der Waals surface area (Å²) in [6.07, 6.45) is 0. The van der Waals surface area contributed by atoms with Gasteiger partial charge in [0.1, 0.15) is 22.3 Å². The molecule has 0 saturated heterocycles. The number of furan rings is 2. The van der Waals surface area contributed by atoms with Crippen LogP contribution in [0.5, 0.6) is 0 Å². The van der Waals surface area contributed by atoms with Gasteiger partial charge in [-0.2, -0.15) is 0 Å². The van der Waals surface area contributed by atoms with Gasteiger partial charge in [-0.3, -0.25) is 0 Å². The van der Waals surface area contributed by atoms with Crippen molar-refractivity contribution in [2.45, 2.75) is 13.8 Å². The van der Waals surface area contributed by atoms with Gasteiger partial charge >= 0.3 is 0 Å². The van der Waals surface area contributed by atoms with Crippen LogP contribution in [0.2, 0.25) is 0 Å². The molecule has 0 bridgehead atoms. The molecule has 4 heterocycles. The summed E-state index contributed by atoms with van der Waals surface area (Å²) in [5.74, 6) is 0. The van der Waals surface area contributed by atoms with Gasteiger partial charge in [-0.05, 0) is 120 Å². The Morgan fingerprint density at radius 3 is 1.15 bits per heavy atom. The molecule has 0 radical (unpaired) electrons. The Kier molecular flexibility index (Phi) is 7.79. The Balaban J connectivity index is 0.901. The monoisotopic (exact) mass is 844 g/mol. The van der Waals surface area contributed by atoms with Gasteiger partial charge in [0.2, 0.25) is 0 Å². The Morgan fingerprint density at radius 2 is 0.682 bits per heavy atom. The summed E-state index contributed by atoms with van der Waals surface area (Å²) >= 11 is 0. The van der Waals surface area contributed by atoms with Crippen LogP contribution in [-0.2, 0) is 0 Å². The van der Waals surface area contributed by atoms with Crippen molar-refractivity contribution < 1.29 is 8.83 Å². The minimum absolute atomic E-state index is 0.909. The van der Waals surface area contributed by atoms with Crippen molar-refractivity contribution >= 4 is 87.5 Å². The largest absolute Gasteiger partial charge is 0.455 e. The van der Waals surface area contributed by atoms with Crippen molar-refractivity contribution in [3.63, 3.8) is 0 Å². The summed E-state index contributed by atoms with van der Waals surface area (Å²) in [6.45, 7) is 4.46. The van der Waals surface area contributed by atoms with Crippen LogP contribution < -0.4 is 0 Å². The molecule has 0 fully saturated rings. The molecule has 0 unspecified atom stereocenters. The lowest BCUT2D eigenvalue weighted by atomic mass is 9.95. The molecule has 14 rings (SSSR count). The second kappa shape index (κ2) is 13.9. The zero-order chi connectivity index (χ0) is 43.6. The molecule has 0 aliphatic carbocycles. The standard InChI is InChI=1S/C62H40N2O2/c1-37-25-29-41(63-55-21-7-3-13-45(55)53-33-39(27-31-57(53)63)43-17-11-19-49-47-15-5-9-23-59(47)65-61(43)49)35-51(37)52-36-42(30-26-38(52)2)64-56-22-8-4-14-46(56)54-34-40(28-32-58(54)64)44-18-12-20-50-48-16-6-10-24-60(48)66-62(44)50/h3-36H,1-2H3. The van der Waals surface area contributed by atoms with Gasteiger partial charge in [0, 0.05) is 65.6 Å². The first kappa shape index (κ1) is 36.8. The number of hydrogen-bond acceptors (Lipinski definition) is 2. The molecular formula is C62H40N2O2. The van der Waals surface area contributed by atoms with Crippen molar-refractivity contribution in [3.8, 4) is 44.8 Å². The van der Waals surface area contributed by atoms with Crippen molar-refractivity contribution in [3.05, 3.63) is 217 Å². The van der Waals surface area contributed by atoms with Crippen LogP contribution in [-0.4, -0.2) is 9.13 Å². The van der Waals surface area contributed by atoms with Crippen LogP contribution in [0, 0.1) is 13.8 Å². The molecule has 4 heteroatoms. The van der Waals surface area contributed by atoms with Crippen LogP contribution in [0.3, 0.4) is 0 Å². The van der Waals surface area contributed by atoms with E-state index < -0.39 is 0 Å². The summed E-state index contributed by atoms with van der Waals surface area (Å²) < 4.78 is 17.8. The van der Waals surface area contributed by atoms with E-state index in [1.54, 1.807) is 0 Å². The molecule has 0 aliphatic heterocycles. The maximum atomic E-state index is 6.50. The van der Waals surface area contributed by atoms with Crippen LogP contribution in [0.1, 0.15) is 11.1 Å². The minimum Gasteiger partial charge on any atom is -0.455 e. The van der Waals surface area contributed by atoms with Crippen LogP contribution in [0.25, 0.3) is 132 Å². The zero-order valence-electron chi connectivity index (χ0n) is 36.3. The zero-order valence-corrected chi connectivity index (χ0v) is 36.3. The second-order valence-electron chi connectivity index (χ2n) is 17.7. The molecule has 0 spiro atoms. The van der Waals surface area contributed by atoms with E-state index in [-0.39, 0.29) is 0 Å². The Morgan fingerprint density at radius 1 is 0.288 bits per heavy atom. The maximum absolute atomic E-state index is 6.50. The highest BCUT2D eigenvalue weighted by molar-refractivity contribution is 6.15. The van der Waals surface area contributed by atoms with Crippen molar-refractivity contribution in [2.24, 2.45) is 0 Å². The van der Waals surface area contributed by atoms with Crippen molar-refractivity contribution in [2.75, 3.05) is 0 Å². The topological polar surface area (TPSA) is 36.1 Å². The lowest BCUT2D eigenvalue weighted by molar-refractivity contribution is 0.669. The summed E-state index contributed by atoms with van der Waals surface area (Å²) in [5, 5.41) is 9.41. The van der Waals surface area contributed by atoms with E-state index in [2.05, 4.69) is 217 Å². The number of benzene rings is 10. The van der Waals surface area contributed by atoms with Gasteiger partial charge in [0.05, 0.1) is 22.1 Å². The van der Waals surface area contributed by atoms with E-state index in [1.807, 2.05) is 12.1 Å². The van der Waals surface area contributed by atoms with Crippen LogP contribution in [0.15, 0.2) is 215 Å².